The minimum atomic E-state index is -1.57. The molecule has 0 aromatic heterocycles. The molecule has 4 nitrogen and oxygen atoms in total. The van der Waals surface area contributed by atoms with Crippen molar-refractivity contribution in [3.8, 4) is 0 Å². The fourth-order valence-electron chi connectivity index (χ4n) is 3.49. The molecule has 0 fully saturated rings. The quantitative estimate of drug-likeness (QED) is 0.383. The molecule has 0 unspecified atom stereocenters. The van der Waals surface area contributed by atoms with Gasteiger partial charge in [-0.25, -0.2) is 0 Å². The lowest BCUT2D eigenvalue weighted by Crippen LogP contribution is -2.42. The second-order valence-corrected chi connectivity index (χ2v) is 6.98. The van der Waals surface area contributed by atoms with E-state index in [9.17, 15) is 9.59 Å². The van der Waals surface area contributed by atoms with Crippen molar-refractivity contribution in [1.29, 1.82) is 0 Å². The van der Waals surface area contributed by atoms with E-state index < -0.39 is 17.4 Å². The minimum absolute atomic E-state index is 0.159. The molecule has 0 radical (unpaired) electrons. The molecule has 0 saturated carbocycles. The van der Waals surface area contributed by atoms with Crippen LogP contribution in [0.15, 0.2) is 78.9 Å². The van der Waals surface area contributed by atoms with E-state index in [1.54, 1.807) is 19.9 Å². The van der Waals surface area contributed by atoms with Gasteiger partial charge in [0.2, 0.25) is 0 Å². The van der Waals surface area contributed by atoms with Gasteiger partial charge >= 0.3 is 11.9 Å². The number of rotatable bonds is 8. The second kappa shape index (κ2) is 9.88. The third-order valence-corrected chi connectivity index (χ3v) is 4.98. The SMILES string of the molecule is CCOC(=O)C(/C=C/c1cccc2ccccc12)(Cc1ccccc1)C(=O)OCC. The van der Waals surface area contributed by atoms with E-state index in [2.05, 4.69) is 0 Å². The van der Waals surface area contributed by atoms with Crippen LogP contribution in [-0.2, 0) is 25.5 Å². The normalized spacial score (nSPS) is 11.5. The third kappa shape index (κ3) is 4.60. The summed E-state index contributed by atoms with van der Waals surface area (Å²) in [6.07, 6.45) is 3.61. The highest BCUT2D eigenvalue weighted by Crippen LogP contribution is 2.31. The van der Waals surface area contributed by atoms with Crippen LogP contribution in [0.3, 0.4) is 0 Å². The Labute approximate surface area is 177 Å². The van der Waals surface area contributed by atoms with Crippen molar-refractivity contribution in [3.05, 3.63) is 90.0 Å². The monoisotopic (exact) mass is 402 g/mol. The topological polar surface area (TPSA) is 52.6 Å². The van der Waals surface area contributed by atoms with E-state index in [4.69, 9.17) is 9.47 Å². The largest absolute Gasteiger partial charge is 0.465 e. The van der Waals surface area contributed by atoms with Crippen molar-refractivity contribution in [3.63, 3.8) is 0 Å². The number of carbonyl (C=O) groups excluding carboxylic acids is 2. The first-order valence-corrected chi connectivity index (χ1v) is 10.2. The standard InChI is InChI=1S/C26H26O4/c1-3-29-24(27)26(25(28)30-4-2,19-20-11-6-5-7-12-20)18-17-22-15-10-14-21-13-8-9-16-23(21)22/h5-18H,3-4,19H2,1-2H3/b18-17+. The summed E-state index contributed by atoms with van der Waals surface area (Å²) in [6.45, 7) is 3.81. The Kier molecular flexibility index (Phi) is 7.02. The number of fused-ring (bicyclic) bond motifs is 1. The van der Waals surface area contributed by atoms with Gasteiger partial charge in [-0.3, -0.25) is 9.59 Å². The second-order valence-electron chi connectivity index (χ2n) is 6.98. The van der Waals surface area contributed by atoms with Crippen LogP contribution in [0, 0.1) is 5.41 Å². The maximum Gasteiger partial charge on any atom is 0.327 e. The Morgan fingerprint density at radius 1 is 0.800 bits per heavy atom. The molecule has 4 heteroatoms. The number of hydrogen-bond donors (Lipinski definition) is 0. The van der Waals surface area contributed by atoms with Crippen LogP contribution in [0.5, 0.6) is 0 Å². The van der Waals surface area contributed by atoms with Crippen molar-refractivity contribution in [2.45, 2.75) is 20.3 Å². The van der Waals surface area contributed by atoms with E-state index in [0.29, 0.717) is 0 Å². The molecule has 0 spiro atoms. The highest BCUT2D eigenvalue weighted by Gasteiger charge is 2.46. The fourth-order valence-corrected chi connectivity index (χ4v) is 3.49. The average Bonchev–Trinajstić information content (AvgIpc) is 2.77. The molecule has 0 aliphatic carbocycles. The smallest absolute Gasteiger partial charge is 0.327 e. The summed E-state index contributed by atoms with van der Waals surface area (Å²) in [4.78, 5) is 26.2. The van der Waals surface area contributed by atoms with E-state index in [-0.39, 0.29) is 19.6 Å². The van der Waals surface area contributed by atoms with Crippen molar-refractivity contribution >= 4 is 28.8 Å². The van der Waals surface area contributed by atoms with Crippen LogP contribution in [-0.4, -0.2) is 25.2 Å². The molecule has 0 aliphatic heterocycles. The molecular formula is C26H26O4. The van der Waals surface area contributed by atoms with Gasteiger partial charge in [-0.1, -0.05) is 84.9 Å². The highest BCUT2D eigenvalue weighted by molar-refractivity contribution is 6.04. The third-order valence-electron chi connectivity index (χ3n) is 4.98. The summed E-state index contributed by atoms with van der Waals surface area (Å²) in [5, 5.41) is 2.12. The Morgan fingerprint density at radius 2 is 1.40 bits per heavy atom. The number of ether oxygens (including phenoxy) is 2. The summed E-state index contributed by atoms with van der Waals surface area (Å²) in [6, 6.07) is 23.4. The Balaban J connectivity index is 2.11. The van der Waals surface area contributed by atoms with E-state index in [1.807, 2.05) is 78.9 Å². The Morgan fingerprint density at radius 3 is 2.07 bits per heavy atom. The molecule has 154 valence electrons. The number of hydrogen-bond acceptors (Lipinski definition) is 4. The van der Waals surface area contributed by atoms with Gasteiger partial charge in [-0.15, -0.1) is 0 Å². The maximum atomic E-state index is 13.1. The lowest BCUT2D eigenvalue weighted by atomic mass is 9.80. The molecule has 30 heavy (non-hydrogen) atoms. The van der Waals surface area contributed by atoms with E-state index >= 15 is 0 Å². The fraction of sp³-hybridized carbons (Fsp3) is 0.231. The van der Waals surface area contributed by atoms with Gasteiger partial charge in [0.05, 0.1) is 13.2 Å². The number of benzene rings is 3. The molecule has 0 saturated heterocycles. The van der Waals surface area contributed by atoms with Crippen LogP contribution in [0.4, 0.5) is 0 Å². The summed E-state index contributed by atoms with van der Waals surface area (Å²) >= 11 is 0. The first-order valence-electron chi connectivity index (χ1n) is 10.2. The molecular weight excluding hydrogens is 376 g/mol. The van der Waals surface area contributed by atoms with E-state index in [1.165, 1.54) is 0 Å². The minimum Gasteiger partial charge on any atom is -0.465 e. The summed E-state index contributed by atoms with van der Waals surface area (Å²) < 4.78 is 10.7. The zero-order valence-electron chi connectivity index (χ0n) is 17.3. The Bertz CT molecular complexity index is 1010. The van der Waals surface area contributed by atoms with Crippen LogP contribution in [0.2, 0.25) is 0 Å². The van der Waals surface area contributed by atoms with Gasteiger partial charge in [0.15, 0.2) is 5.41 Å². The number of carbonyl (C=O) groups is 2. The van der Waals surface area contributed by atoms with Crippen molar-refractivity contribution in [2.24, 2.45) is 5.41 Å². The molecule has 0 heterocycles. The lowest BCUT2D eigenvalue weighted by Gasteiger charge is -2.26. The van der Waals surface area contributed by atoms with Gasteiger partial charge in [-0.05, 0) is 35.7 Å². The zero-order valence-corrected chi connectivity index (χ0v) is 17.3. The van der Waals surface area contributed by atoms with Crippen molar-refractivity contribution in [2.75, 3.05) is 13.2 Å². The van der Waals surface area contributed by atoms with Crippen LogP contribution in [0.1, 0.15) is 25.0 Å². The van der Waals surface area contributed by atoms with Gasteiger partial charge in [0.25, 0.3) is 0 Å². The van der Waals surface area contributed by atoms with Gasteiger partial charge < -0.3 is 9.47 Å². The lowest BCUT2D eigenvalue weighted by molar-refractivity contribution is -0.167. The van der Waals surface area contributed by atoms with E-state index in [0.717, 1.165) is 21.9 Å². The molecule has 3 aromatic carbocycles. The van der Waals surface area contributed by atoms with Gasteiger partial charge in [-0.2, -0.15) is 0 Å². The molecule has 3 aromatic rings. The molecule has 0 atom stereocenters. The molecule has 0 N–H and O–H groups in total. The number of esters is 2. The maximum absolute atomic E-state index is 13.1. The predicted molar refractivity (Wildman–Crippen MR) is 119 cm³/mol. The molecule has 0 aliphatic rings. The molecule has 0 bridgehead atoms. The average molecular weight is 402 g/mol. The van der Waals surface area contributed by atoms with Gasteiger partial charge in [0, 0.05) is 6.42 Å². The first kappa shape index (κ1) is 21.3. The highest BCUT2D eigenvalue weighted by atomic mass is 16.6. The van der Waals surface area contributed by atoms with Crippen LogP contribution < -0.4 is 0 Å². The van der Waals surface area contributed by atoms with Crippen LogP contribution >= 0.6 is 0 Å². The molecule has 0 amide bonds. The van der Waals surface area contributed by atoms with Gasteiger partial charge in [0.1, 0.15) is 0 Å². The predicted octanol–water partition coefficient (Wildman–Crippen LogP) is 5.21. The Hall–Kier alpha value is -3.40. The van der Waals surface area contributed by atoms with Crippen molar-refractivity contribution < 1.29 is 19.1 Å². The molecule has 3 rings (SSSR count). The summed E-state index contributed by atoms with van der Waals surface area (Å²) in [5.41, 5.74) is 0.199. The summed E-state index contributed by atoms with van der Waals surface area (Å²) in [7, 11) is 0. The summed E-state index contributed by atoms with van der Waals surface area (Å²) in [5.74, 6) is -1.22. The first-order chi connectivity index (χ1) is 14.6. The zero-order chi connectivity index (χ0) is 21.4. The van der Waals surface area contributed by atoms with Crippen LogP contribution in [0.25, 0.3) is 16.8 Å². The van der Waals surface area contributed by atoms with Crippen molar-refractivity contribution in [1.82, 2.24) is 0 Å².